The molecule has 26 heavy (non-hydrogen) atoms. The van der Waals surface area contributed by atoms with E-state index in [4.69, 9.17) is 4.74 Å². The van der Waals surface area contributed by atoms with Crippen LogP contribution in [0.4, 0.5) is 0 Å². The highest BCUT2D eigenvalue weighted by Crippen LogP contribution is 2.35. The summed E-state index contributed by atoms with van der Waals surface area (Å²) in [6.45, 7) is 2.21. The van der Waals surface area contributed by atoms with E-state index in [9.17, 15) is 13.5 Å². The van der Waals surface area contributed by atoms with Gasteiger partial charge in [0.05, 0.1) is 30.4 Å². The number of aromatic nitrogens is 2. The summed E-state index contributed by atoms with van der Waals surface area (Å²) >= 11 is 0. The Hall–Kier alpha value is -1.99. The maximum absolute atomic E-state index is 11.2. The number of hydrogen-bond donors (Lipinski definition) is 1. The largest absolute Gasteiger partial charge is 0.463 e. The average molecular weight is 376 g/mol. The van der Waals surface area contributed by atoms with Gasteiger partial charge in [0.1, 0.15) is 9.84 Å². The van der Waals surface area contributed by atoms with Crippen molar-refractivity contribution in [3.8, 4) is 17.1 Å². The SMILES string of the molecule is Cc1nc(OCCCS(C)(=O)=O)nc2c1-c1cc(CO)ccc1CCC2. The number of benzene rings is 1. The van der Waals surface area contributed by atoms with Gasteiger partial charge in [-0.15, -0.1) is 0 Å². The summed E-state index contributed by atoms with van der Waals surface area (Å²) in [7, 11) is -2.99. The van der Waals surface area contributed by atoms with Crippen LogP contribution in [0.3, 0.4) is 0 Å². The summed E-state index contributed by atoms with van der Waals surface area (Å²) < 4.78 is 28.0. The van der Waals surface area contributed by atoms with Gasteiger partial charge in [-0.3, -0.25) is 0 Å². The van der Waals surface area contributed by atoms with E-state index < -0.39 is 9.84 Å². The van der Waals surface area contributed by atoms with Gasteiger partial charge in [0.25, 0.3) is 0 Å². The van der Waals surface area contributed by atoms with Crippen LogP contribution in [0.1, 0.15) is 35.4 Å². The molecular weight excluding hydrogens is 352 g/mol. The van der Waals surface area contributed by atoms with E-state index in [1.165, 1.54) is 11.8 Å². The molecule has 0 unspecified atom stereocenters. The lowest BCUT2D eigenvalue weighted by atomic mass is 9.96. The number of fused-ring (bicyclic) bond motifs is 3. The van der Waals surface area contributed by atoms with Crippen molar-refractivity contribution in [2.75, 3.05) is 18.6 Å². The lowest BCUT2D eigenvalue weighted by molar-refractivity contribution is 0.282. The van der Waals surface area contributed by atoms with Crippen LogP contribution in [0.15, 0.2) is 18.2 Å². The fourth-order valence-electron chi connectivity index (χ4n) is 3.30. The maximum atomic E-state index is 11.2. The normalized spacial score (nSPS) is 13.7. The molecule has 0 fully saturated rings. The standard InChI is InChI=1S/C19H24N2O4S/c1-13-18-16-11-14(12-22)7-8-15(16)5-3-6-17(18)21-19(20-13)25-9-4-10-26(2,23)24/h7-8,11,22H,3-6,9-10,12H2,1-2H3. The molecule has 6 nitrogen and oxygen atoms in total. The lowest BCUT2D eigenvalue weighted by Crippen LogP contribution is -2.10. The van der Waals surface area contributed by atoms with Crippen LogP contribution in [0.25, 0.3) is 11.1 Å². The second-order valence-electron chi connectivity index (χ2n) is 6.75. The summed E-state index contributed by atoms with van der Waals surface area (Å²) in [5.74, 6) is 0.0915. The Morgan fingerprint density at radius 2 is 2.04 bits per heavy atom. The van der Waals surface area contributed by atoms with Gasteiger partial charge < -0.3 is 9.84 Å². The third kappa shape index (κ3) is 4.40. The highest BCUT2D eigenvalue weighted by atomic mass is 32.2. The zero-order valence-electron chi connectivity index (χ0n) is 15.2. The van der Waals surface area contributed by atoms with Crippen molar-refractivity contribution in [1.82, 2.24) is 9.97 Å². The zero-order chi connectivity index (χ0) is 18.7. The fourth-order valence-corrected chi connectivity index (χ4v) is 3.95. The van der Waals surface area contributed by atoms with Gasteiger partial charge in [0, 0.05) is 11.8 Å². The molecule has 1 aliphatic carbocycles. The van der Waals surface area contributed by atoms with Gasteiger partial charge in [-0.05, 0) is 55.4 Å². The average Bonchev–Trinajstić information content (AvgIpc) is 2.76. The number of hydrogen-bond acceptors (Lipinski definition) is 6. The molecule has 0 aliphatic heterocycles. The summed E-state index contributed by atoms with van der Waals surface area (Å²) in [6, 6.07) is 6.35. The Balaban J connectivity index is 1.87. The fraction of sp³-hybridized carbons (Fsp3) is 0.474. The minimum absolute atomic E-state index is 0.00402. The minimum Gasteiger partial charge on any atom is -0.463 e. The molecule has 3 rings (SSSR count). The van der Waals surface area contributed by atoms with Crippen LogP contribution in [0.5, 0.6) is 6.01 Å². The number of ether oxygens (including phenoxy) is 1. The molecular formula is C19H24N2O4S. The number of nitrogens with zero attached hydrogens (tertiary/aromatic N) is 2. The lowest BCUT2D eigenvalue weighted by Gasteiger charge is -2.14. The summed E-state index contributed by atoms with van der Waals surface area (Å²) in [4.78, 5) is 9.05. The van der Waals surface area contributed by atoms with Gasteiger partial charge in [0.15, 0.2) is 0 Å². The second-order valence-corrected chi connectivity index (χ2v) is 9.01. The molecule has 0 amide bonds. The quantitative estimate of drug-likeness (QED) is 0.778. The van der Waals surface area contributed by atoms with Crippen molar-refractivity contribution < 1.29 is 18.3 Å². The van der Waals surface area contributed by atoms with E-state index in [0.29, 0.717) is 12.4 Å². The monoisotopic (exact) mass is 376 g/mol. The number of sulfone groups is 1. The van der Waals surface area contributed by atoms with Crippen molar-refractivity contribution in [1.29, 1.82) is 0 Å². The molecule has 1 heterocycles. The molecule has 1 aromatic carbocycles. The molecule has 0 radical (unpaired) electrons. The van der Waals surface area contributed by atoms with E-state index in [1.807, 2.05) is 19.1 Å². The van der Waals surface area contributed by atoms with Crippen molar-refractivity contribution in [2.24, 2.45) is 0 Å². The van der Waals surface area contributed by atoms with E-state index in [0.717, 1.165) is 47.3 Å². The Labute approximate surface area is 154 Å². The van der Waals surface area contributed by atoms with E-state index in [2.05, 4.69) is 16.0 Å². The van der Waals surface area contributed by atoms with Gasteiger partial charge in [0.2, 0.25) is 0 Å². The van der Waals surface area contributed by atoms with Gasteiger partial charge in [-0.25, -0.2) is 8.42 Å². The van der Waals surface area contributed by atoms with Crippen molar-refractivity contribution in [3.63, 3.8) is 0 Å². The van der Waals surface area contributed by atoms with Crippen molar-refractivity contribution >= 4 is 9.84 Å². The first-order valence-electron chi connectivity index (χ1n) is 8.78. The molecule has 1 aliphatic rings. The number of rotatable bonds is 6. The summed E-state index contributed by atoms with van der Waals surface area (Å²) in [6.07, 6.45) is 4.42. The molecule has 0 spiro atoms. The molecule has 0 atom stereocenters. The van der Waals surface area contributed by atoms with Crippen LogP contribution in [-0.2, 0) is 29.3 Å². The second kappa shape index (κ2) is 7.72. The molecule has 0 saturated heterocycles. The maximum Gasteiger partial charge on any atom is 0.316 e. The molecule has 1 N–H and O–H groups in total. The van der Waals surface area contributed by atoms with Crippen LogP contribution >= 0.6 is 0 Å². The minimum atomic E-state index is -2.99. The van der Waals surface area contributed by atoms with Crippen molar-refractivity contribution in [3.05, 3.63) is 40.7 Å². The van der Waals surface area contributed by atoms with Crippen LogP contribution < -0.4 is 4.74 Å². The van der Waals surface area contributed by atoms with E-state index in [-0.39, 0.29) is 19.0 Å². The molecule has 2 aromatic rings. The highest BCUT2D eigenvalue weighted by Gasteiger charge is 2.20. The third-order valence-electron chi connectivity index (χ3n) is 4.52. The summed E-state index contributed by atoms with van der Waals surface area (Å²) in [5.41, 5.74) is 6.02. The van der Waals surface area contributed by atoms with Crippen LogP contribution in [-0.4, -0.2) is 42.1 Å². The first kappa shape index (κ1) is 18.8. The number of aryl methyl sites for hydroxylation is 3. The predicted molar refractivity (Wildman–Crippen MR) is 100.0 cm³/mol. The van der Waals surface area contributed by atoms with E-state index in [1.54, 1.807) is 0 Å². The summed E-state index contributed by atoms with van der Waals surface area (Å²) in [5, 5.41) is 9.45. The smallest absolute Gasteiger partial charge is 0.316 e. The van der Waals surface area contributed by atoms with E-state index >= 15 is 0 Å². The van der Waals surface area contributed by atoms with Crippen LogP contribution in [0.2, 0.25) is 0 Å². The zero-order valence-corrected chi connectivity index (χ0v) is 16.0. The first-order valence-corrected chi connectivity index (χ1v) is 10.8. The molecule has 0 bridgehead atoms. The molecule has 140 valence electrons. The molecule has 1 aromatic heterocycles. The van der Waals surface area contributed by atoms with Crippen molar-refractivity contribution in [2.45, 2.75) is 39.2 Å². The Bertz CT molecular complexity index is 910. The van der Waals surface area contributed by atoms with Gasteiger partial charge in [-0.2, -0.15) is 9.97 Å². The first-order chi connectivity index (χ1) is 12.4. The Morgan fingerprint density at radius 3 is 2.77 bits per heavy atom. The highest BCUT2D eigenvalue weighted by molar-refractivity contribution is 7.90. The number of aliphatic hydroxyl groups is 1. The Morgan fingerprint density at radius 1 is 1.23 bits per heavy atom. The Kier molecular flexibility index (Phi) is 5.58. The van der Waals surface area contributed by atoms with Gasteiger partial charge >= 0.3 is 6.01 Å². The predicted octanol–water partition coefficient (Wildman–Crippen LogP) is 2.25. The molecule has 0 saturated carbocycles. The number of aliphatic hydroxyl groups excluding tert-OH is 1. The third-order valence-corrected chi connectivity index (χ3v) is 5.55. The molecule has 7 heteroatoms. The van der Waals surface area contributed by atoms with Gasteiger partial charge in [-0.1, -0.05) is 12.1 Å². The topological polar surface area (TPSA) is 89.4 Å². The van der Waals surface area contributed by atoms with Crippen LogP contribution in [0, 0.1) is 6.92 Å².